The molecule has 0 aliphatic carbocycles. The summed E-state index contributed by atoms with van der Waals surface area (Å²) in [5, 5.41) is 3.08. The van der Waals surface area contributed by atoms with Crippen LogP contribution in [0.2, 0.25) is 0 Å². The maximum absolute atomic E-state index is 13.1. The van der Waals surface area contributed by atoms with E-state index in [1.807, 2.05) is 23.1 Å². The van der Waals surface area contributed by atoms with E-state index in [9.17, 15) is 13.6 Å². The van der Waals surface area contributed by atoms with Gasteiger partial charge in [0.05, 0.1) is 17.9 Å². The molecule has 31 heavy (non-hydrogen) atoms. The van der Waals surface area contributed by atoms with Crippen LogP contribution in [0.25, 0.3) is 0 Å². The van der Waals surface area contributed by atoms with Crippen molar-refractivity contribution in [3.63, 3.8) is 0 Å². The molecule has 1 saturated heterocycles. The topological polar surface area (TPSA) is 58.1 Å². The van der Waals surface area contributed by atoms with Crippen molar-refractivity contribution in [2.75, 3.05) is 11.9 Å². The summed E-state index contributed by atoms with van der Waals surface area (Å²) in [6.07, 6.45) is 4.87. The molecule has 0 spiro atoms. The van der Waals surface area contributed by atoms with E-state index in [4.69, 9.17) is 0 Å². The van der Waals surface area contributed by atoms with Crippen molar-refractivity contribution >= 4 is 17.5 Å². The molecule has 160 valence electrons. The fraction of sp³-hybridized carbons (Fsp3) is 0.292. The minimum Gasteiger partial charge on any atom is -0.334 e. The number of pyridine rings is 2. The van der Waals surface area contributed by atoms with Crippen LogP contribution in [0.5, 0.6) is 0 Å². The Kier molecular flexibility index (Phi) is 6.50. The lowest BCUT2D eigenvalue weighted by molar-refractivity contribution is -0.132. The number of likely N-dealkylation sites (tertiary alicyclic amines) is 1. The number of halogens is 2. The van der Waals surface area contributed by atoms with Gasteiger partial charge >= 0.3 is 0 Å². The predicted octanol–water partition coefficient (Wildman–Crippen LogP) is 5.18. The molecule has 0 bridgehead atoms. The summed E-state index contributed by atoms with van der Waals surface area (Å²) in [6, 6.07) is 14.9. The van der Waals surface area contributed by atoms with Gasteiger partial charge in [-0.2, -0.15) is 0 Å². The van der Waals surface area contributed by atoms with Gasteiger partial charge in [0.2, 0.25) is 5.91 Å². The predicted molar refractivity (Wildman–Crippen MR) is 115 cm³/mol. The second-order valence-electron chi connectivity index (χ2n) is 7.66. The van der Waals surface area contributed by atoms with Gasteiger partial charge in [0.15, 0.2) is 0 Å². The first-order chi connectivity index (χ1) is 15.1. The zero-order valence-corrected chi connectivity index (χ0v) is 17.1. The SMILES string of the molecule is O=C(CCCc1ccc(F)cc1)N1CCC[C@@H]1c1cccc(Nc2ccc(F)cn2)n1. The Morgan fingerprint density at radius 3 is 2.61 bits per heavy atom. The van der Waals surface area contributed by atoms with Gasteiger partial charge in [-0.05, 0) is 67.6 Å². The largest absolute Gasteiger partial charge is 0.334 e. The summed E-state index contributed by atoms with van der Waals surface area (Å²) >= 11 is 0. The van der Waals surface area contributed by atoms with E-state index < -0.39 is 5.82 Å². The number of carbonyl (C=O) groups excluding carboxylic acids is 1. The normalized spacial score (nSPS) is 15.8. The molecule has 1 aliphatic heterocycles. The number of carbonyl (C=O) groups is 1. The molecule has 0 unspecified atom stereocenters. The van der Waals surface area contributed by atoms with Crippen molar-refractivity contribution in [2.45, 2.75) is 38.1 Å². The first-order valence-corrected chi connectivity index (χ1v) is 10.5. The molecule has 5 nitrogen and oxygen atoms in total. The monoisotopic (exact) mass is 422 g/mol. The summed E-state index contributed by atoms with van der Waals surface area (Å²) in [6.45, 7) is 0.721. The lowest BCUT2D eigenvalue weighted by Crippen LogP contribution is -2.30. The van der Waals surface area contributed by atoms with Crippen molar-refractivity contribution in [2.24, 2.45) is 0 Å². The highest BCUT2D eigenvalue weighted by atomic mass is 19.1. The maximum Gasteiger partial charge on any atom is 0.223 e. The zero-order valence-electron chi connectivity index (χ0n) is 17.1. The fourth-order valence-corrected chi connectivity index (χ4v) is 3.90. The molecule has 1 aliphatic rings. The molecule has 0 saturated carbocycles. The first kappa shape index (κ1) is 20.9. The number of rotatable bonds is 7. The van der Waals surface area contributed by atoms with Gasteiger partial charge in [-0.15, -0.1) is 0 Å². The van der Waals surface area contributed by atoms with E-state index in [2.05, 4.69) is 15.3 Å². The van der Waals surface area contributed by atoms with E-state index in [-0.39, 0.29) is 17.8 Å². The number of nitrogens with zero attached hydrogens (tertiary/aromatic N) is 3. The number of hydrogen-bond donors (Lipinski definition) is 1. The van der Waals surface area contributed by atoms with Crippen LogP contribution in [0.4, 0.5) is 20.4 Å². The number of hydrogen-bond acceptors (Lipinski definition) is 4. The molecule has 1 fully saturated rings. The fourth-order valence-electron chi connectivity index (χ4n) is 3.90. The highest BCUT2D eigenvalue weighted by Crippen LogP contribution is 2.32. The van der Waals surface area contributed by atoms with Crippen LogP contribution >= 0.6 is 0 Å². The molecule has 1 N–H and O–H groups in total. The highest BCUT2D eigenvalue weighted by Gasteiger charge is 2.30. The molecule has 7 heteroatoms. The van der Waals surface area contributed by atoms with E-state index in [1.54, 1.807) is 18.2 Å². The van der Waals surface area contributed by atoms with Crippen LogP contribution < -0.4 is 5.32 Å². The molecule has 1 amide bonds. The third kappa shape index (κ3) is 5.42. The second kappa shape index (κ2) is 9.64. The van der Waals surface area contributed by atoms with Crippen molar-refractivity contribution < 1.29 is 13.6 Å². The van der Waals surface area contributed by atoms with E-state index >= 15 is 0 Å². The van der Waals surface area contributed by atoms with Gasteiger partial charge in [-0.3, -0.25) is 4.79 Å². The Balaban J connectivity index is 1.37. The molecule has 1 atom stereocenters. The van der Waals surface area contributed by atoms with E-state index in [0.717, 1.165) is 49.7 Å². The number of nitrogens with one attached hydrogen (secondary N) is 1. The van der Waals surface area contributed by atoms with Crippen molar-refractivity contribution in [1.82, 2.24) is 14.9 Å². The first-order valence-electron chi connectivity index (χ1n) is 10.5. The Labute approximate surface area is 180 Å². The lowest BCUT2D eigenvalue weighted by atomic mass is 10.1. The third-order valence-electron chi connectivity index (χ3n) is 5.44. The van der Waals surface area contributed by atoms with Crippen LogP contribution in [0.15, 0.2) is 60.8 Å². The van der Waals surface area contributed by atoms with Crippen LogP contribution in [0, 0.1) is 11.6 Å². The van der Waals surface area contributed by atoms with Gasteiger partial charge in [0.25, 0.3) is 0 Å². The van der Waals surface area contributed by atoms with Crippen LogP contribution in [-0.4, -0.2) is 27.3 Å². The molecular weight excluding hydrogens is 398 g/mol. The van der Waals surface area contributed by atoms with Gasteiger partial charge in [-0.1, -0.05) is 18.2 Å². The van der Waals surface area contributed by atoms with Gasteiger partial charge in [0.1, 0.15) is 23.3 Å². The number of amides is 1. The molecule has 3 aromatic rings. The quantitative estimate of drug-likeness (QED) is 0.570. The van der Waals surface area contributed by atoms with Crippen molar-refractivity contribution in [3.05, 3.63) is 83.7 Å². The minimum absolute atomic E-state index is 0.0544. The van der Waals surface area contributed by atoms with Gasteiger partial charge < -0.3 is 10.2 Å². The number of aromatic nitrogens is 2. The Hall–Kier alpha value is -3.35. The standard InChI is InChI=1S/C24H24F2N4O/c25-18-11-9-17(10-12-18)4-1-8-24(31)30-15-3-6-21(30)20-5-2-7-23(28-20)29-22-14-13-19(26)16-27-22/h2,5,7,9-14,16,21H,1,3-4,6,8,15H2,(H,27,28,29)/t21-/m1/s1. The number of aryl methyl sites for hydroxylation is 1. The minimum atomic E-state index is -0.396. The molecule has 2 aromatic heterocycles. The van der Waals surface area contributed by atoms with E-state index in [1.165, 1.54) is 18.2 Å². The van der Waals surface area contributed by atoms with Crippen LogP contribution in [0.1, 0.15) is 43.0 Å². The average Bonchev–Trinajstić information content (AvgIpc) is 3.27. The Bertz CT molecular complexity index is 1020. The van der Waals surface area contributed by atoms with Crippen molar-refractivity contribution in [3.8, 4) is 0 Å². The Morgan fingerprint density at radius 2 is 1.84 bits per heavy atom. The van der Waals surface area contributed by atoms with Gasteiger partial charge in [0, 0.05) is 13.0 Å². The van der Waals surface area contributed by atoms with Gasteiger partial charge in [-0.25, -0.2) is 18.7 Å². The average molecular weight is 422 g/mol. The molecule has 4 rings (SSSR count). The summed E-state index contributed by atoms with van der Waals surface area (Å²) in [7, 11) is 0. The smallest absolute Gasteiger partial charge is 0.223 e. The summed E-state index contributed by atoms with van der Waals surface area (Å²) < 4.78 is 26.1. The van der Waals surface area contributed by atoms with Crippen LogP contribution in [0.3, 0.4) is 0 Å². The van der Waals surface area contributed by atoms with E-state index in [0.29, 0.717) is 18.1 Å². The molecule has 1 aromatic carbocycles. The highest BCUT2D eigenvalue weighted by molar-refractivity contribution is 5.77. The maximum atomic E-state index is 13.1. The Morgan fingerprint density at radius 1 is 1.03 bits per heavy atom. The molecule has 0 radical (unpaired) electrons. The lowest BCUT2D eigenvalue weighted by Gasteiger charge is -2.25. The number of benzene rings is 1. The summed E-state index contributed by atoms with van der Waals surface area (Å²) in [4.78, 5) is 23.4. The second-order valence-corrected chi connectivity index (χ2v) is 7.66. The summed E-state index contributed by atoms with van der Waals surface area (Å²) in [5.41, 5.74) is 1.86. The zero-order chi connectivity index (χ0) is 21.6. The van der Waals surface area contributed by atoms with Crippen molar-refractivity contribution in [1.29, 1.82) is 0 Å². The van der Waals surface area contributed by atoms with Crippen LogP contribution in [-0.2, 0) is 11.2 Å². The molecule has 3 heterocycles. The number of anilines is 2. The third-order valence-corrected chi connectivity index (χ3v) is 5.44. The molecular formula is C24H24F2N4O. The summed E-state index contributed by atoms with van der Waals surface area (Å²) in [5.74, 6) is 0.578.